The fourth-order valence-corrected chi connectivity index (χ4v) is 2.37. The van der Waals surface area contributed by atoms with E-state index in [1.807, 2.05) is 35.9 Å². The summed E-state index contributed by atoms with van der Waals surface area (Å²) >= 11 is 0. The SMILES string of the molecule is CCCNC(=O)c1nnn(-c2ccc(C)cc2)c1C1CC1. The molecule has 1 aromatic heterocycles. The molecule has 0 atom stereocenters. The molecule has 2 aromatic rings. The van der Waals surface area contributed by atoms with Crippen LogP contribution in [-0.4, -0.2) is 27.4 Å². The predicted octanol–water partition coefficient (Wildman–Crippen LogP) is 2.59. The maximum atomic E-state index is 12.2. The molecule has 0 bridgehead atoms. The average Bonchev–Trinajstić information content (AvgIpc) is 3.24. The van der Waals surface area contributed by atoms with E-state index in [1.54, 1.807) is 0 Å². The molecule has 1 saturated carbocycles. The van der Waals surface area contributed by atoms with Crippen LogP contribution >= 0.6 is 0 Å². The number of nitrogens with one attached hydrogen (secondary N) is 1. The molecule has 1 aliphatic rings. The maximum absolute atomic E-state index is 12.2. The summed E-state index contributed by atoms with van der Waals surface area (Å²) in [6.45, 7) is 4.75. The Bertz CT molecular complexity index is 641. The molecule has 0 radical (unpaired) electrons. The second kappa shape index (κ2) is 5.68. The minimum Gasteiger partial charge on any atom is -0.351 e. The van der Waals surface area contributed by atoms with Crippen molar-refractivity contribution in [2.75, 3.05) is 6.54 Å². The molecular formula is C16H20N4O. The Balaban J connectivity index is 1.96. The normalized spacial score (nSPS) is 14.2. The molecule has 0 spiro atoms. The molecule has 110 valence electrons. The first-order chi connectivity index (χ1) is 10.2. The second-order valence-electron chi connectivity index (χ2n) is 5.60. The van der Waals surface area contributed by atoms with Crippen molar-refractivity contribution in [2.24, 2.45) is 0 Å². The number of carbonyl (C=O) groups excluding carboxylic acids is 1. The molecule has 0 aliphatic heterocycles. The number of nitrogens with zero attached hydrogens (tertiary/aromatic N) is 3. The van der Waals surface area contributed by atoms with E-state index in [9.17, 15) is 4.79 Å². The van der Waals surface area contributed by atoms with Gasteiger partial charge in [0.25, 0.3) is 5.91 Å². The molecule has 1 amide bonds. The Hall–Kier alpha value is -2.17. The highest BCUT2D eigenvalue weighted by molar-refractivity contribution is 5.93. The van der Waals surface area contributed by atoms with Gasteiger partial charge in [-0.1, -0.05) is 29.8 Å². The Morgan fingerprint density at radius 2 is 2.05 bits per heavy atom. The molecule has 0 unspecified atom stereocenters. The van der Waals surface area contributed by atoms with Crippen LogP contribution in [0.15, 0.2) is 24.3 Å². The fraction of sp³-hybridized carbons (Fsp3) is 0.438. The Morgan fingerprint density at radius 1 is 1.33 bits per heavy atom. The lowest BCUT2D eigenvalue weighted by Gasteiger charge is -2.07. The van der Waals surface area contributed by atoms with Crippen molar-refractivity contribution in [1.29, 1.82) is 0 Å². The molecular weight excluding hydrogens is 264 g/mol. The van der Waals surface area contributed by atoms with Crippen molar-refractivity contribution in [1.82, 2.24) is 20.3 Å². The van der Waals surface area contributed by atoms with Crippen LogP contribution in [0.1, 0.15) is 53.8 Å². The van der Waals surface area contributed by atoms with E-state index in [1.165, 1.54) is 5.56 Å². The van der Waals surface area contributed by atoms with Crippen LogP contribution in [0.25, 0.3) is 5.69 Å². The summed E-state index contributed by atoms with van der Waals surface area (Å²) in [6, 6.07) is 8.13. The van der Waals surface area contributed by atoms with Gasteiger partial charge in [-0.25, -0.2) is 4.68 Å². The van der Waals surface area contributed by atoms with Crippen LogP contribution in [0.4, 0.5) is 0 Å². The minimum absolute atomic E-state index is 0.114. The van der Waals surface area contributed by atoms with Crippen molar-refractivity contribution >= 4 is 5.91 Å². The monoisotopic (exact) mass is 284 g/mol. The zero-order valence-electron chi connectivity index (χ0n) is 12.5. The topological polar surface area (TPSA) is 59.8 Å². The highest BCUT2D eigenvalue weighted by Gasteiger charge is 2.34. The number of benzene rings is 1. The first-order valence-corrected chi connectivity index (χ1v) is 7.51. The molecule has 21 heavy (non-hydrogen) atoms. The van der Waals surface area contributed by atoms with Gasteiger partial charge in [-0.05, 0) is 38.3 Å². The molecule has 3 rings (SSSR count). The third-order valence-electron chi connectivity index (χ3n) is 3.70. The van der Waals surface area contributed by atoms with E-state index in [2.05, 4.69) is 22.6 Å². The smallest absolute Gasteiger partial charge is 0.273 e. The molecule has 1 heterocycles. The number of hydrogen-bond donors (Lipinski definition) is 1. The number of aryl methyl sites for hydroxylation is 1. The van der Waals surface area contributed by atoms with E-state index in [-0.39, 0.29) is 5.91 Å². The van der Waals surface area contributed by atoms with Crippen molar-refractivity contribution in [2.45, 2.75) is 39.0 Å². The summed E-state index contributed by atoms with van der Waals surface area (Å²) in [5.41, 5.74) is 3.59. The fourth-order valence-electron chi connectivity index (χ4n) is 2.37. The third kappa shape index (κ3) is 2.82. The first-order valence-electron chi connectivity index (χ1n) is 7.51. The third-order valence-corrected chi connectivity index (χ3v) is 3.70. The van der Waals surface area contributed by atoms with Gasteiger partial charge in [0.2, 0.25) is 0 Å². The van der Waals surface area contributed by atoms with Gasteiger partial charge < -0.3 is 5.32 Å². The van der Waals surface area contributed by atoms with Crippen LogP contribution in [0.5, 0.6) is 0 Å². The van der Waals surface area contributed by atoms with Crippen LogP contribution in [-0.2, 0) is 0 Å². The number of amides is 1. The van der Waals surface area contributed by atoms with Crippen LogP contribution in [0.3, 0.4) is 0 Å². The lowest BCUT2D eigenvalue weighted by Crippen LogP contribution is -2.25. The first kappa shape index (κ1) is 13.8. The van der Waals surface area contributed by atoms with Crippen molar-refractivity contribution in [3.63, 3.8) is 0 Å². The van der Waals surface area contributed by atoms with E-state index >= 15 is 0 Å². The van der Waals surface area contributed by atoms with Crippen LogP contribution in [0.2, 0.25) is 0 Å². The lowest BCUT2D eigenvalue weighted by atomic mass is 10.2. The van der Waals surface area contributed by atoms with E-state index in [4.69, 9.17) is 0 Å². The van der Waals surface area contributed by atoms with Crippen molar-refractivity contribution in [3.8, 4) is 5.69 Å². The van der Waals surface area contributed by atoms with E-state index in [0.29, 0.717) is 18.2 Å². The molecule has 5 nitrogen and oxygen atoms in total. The average molecular weight is 284 g/mol. The van der Waals surface area contributed by atoms with Gasteiger partial charge in [-0.2, -0.15) is 0 Å². The van der Waals surface area contributed by atoms with Crippen LogP contribution < -0.4 is 5.32 Å². The molecule has 1 aromatic carbocycles. The number of hydrogen-bond acceptors (Lipinski definition) is 3. The Labute approximate surface area is 124 Å². The van der Waals surface area contributed by atoms with Gasteiger partial charge in [0.15, 0.2) is 5.69 Å². The summed E-state index contributed by atoms with van der Waals surface area (Å²) < 4.78 is 1.82. The van der Waals surface area contributed by atoms with E-state index < -0.39 is 0 Å². The molecule has 5 heteroatoms. The summed E-state index contributed by atoms with van der Waals surface area (Å²) in [5.74, 6) is 0.292. The zero-order chi connectivity index (χ0) is 14.8. The van der Waals surface area contributed by atoms with Gasteiger partial charge in [-0.15, -0.1) is 5.10 Å². The summed E-state index contributed by atoms with van der Waals surface area (Å²) in [5, 5.41) is 11.2. The molecule has 1 fully saturated rings. The number of carbonyl (C=O) groups is 1. The van der Waals surface area contributed by atoms with E-state index in [0.717, 1.165) is 30.6 Å². The molecule has 1 N–H and O–H groups in total. The molecule has 1 aliphatic carbocycles. The van der Waals surface area contributed by atoms with Gasteiger partial charge >= 0.3 is 0 Å². The summed E-state index contributed by atoms with van der Waals surface area (Å²) in [7, 11) is 0. The van der Waals surface area contributed by atoms with Crippen molar-refractivity contribution in [3.05, 3.63) is 41.2 Å². The quantitative estimate of drug-likeness (QED) is 0.918. The standard InChI is InChI=1S/C16H20N4O/c1-3-10-17-16(21)14-15(12-6-7-12)20(19-18-14)13-8-4-11(2)5-9-13/h4-5,8-9,12H,3,6-7,10H2,1-2H3,(H,17,21). The van der Waals surface area contributed by atoms with Crippen LogP contribution in [0, 0.1) is 6.92 Å². The maximum Gasteiger partial charge on any atom is 0.273 e. The number of rotatable bonds is 5. The highest BCUT2D eigenvalue weighted by atomic mass is 16.2. The predicted molar refractivity (Wildman–Crippen MR) is 80.7 cm³/mol. The zero-order valence-corrected chi connectivity index (χ0v) is 12.5. The highest BCUT2D eigenvalue weighted by Crippen LogP contribution is 2.41. The van der Waals surface area contributed by atoms with Crippen molar-refractivity contribution < 1.29 is 4.79 Å². The lowest BCUT2D eigenvalue weighted by molar-refractivity contribution is 0.0947. The molecule has 0 saturated heterocycles. The number of aromatic nitrogens is 3. The minimum atomic E-state index is -0.114. The van der Waals surface area contributed by atoms with Gasteiger partial charge in [0.05, 0.1) is 11.4 Å². The van der Waals surface area contributed by atoms with Gasteiger partial charge in [-0.3, -0.25) is 4.79 Å². The summed E-state index contributed by atoms with van der Waals surface area (Å²) in [6.07, 6.45) is 3.12. The van der Waals surface area contributed by atoms with Gasteiger partial charge in [0.1, 0.15) is 0 Å². The Morgan fingerprint density at radius 3 is 2.67 bits per heavy atom. The largest absolute Gasteiger partial charge is 0.351 e. The second-order valence-corrected chi connectivity index (χ2v) is 5.60. The van der Waals surface area contributed by atoms with Gasteiger partial charge in [0, 0.05) is 12.5 Å². The Kier molecular flexibility index (Phi) is 3.73. The summed E-state index contributed by atoms with van der Waals surface area (Å²) in [4.78, 5) is 12.2.